The van der Waals surface area contributed by atoms with E-state index in [0.29, 0.717) is 19.4 Å². The lowest BCUT2D eigenvalue weighted by molar-refractivity contribution is -0.443. The van der Waals surface area contributed by atoms with E-state index in [-0.39, 0.29) is 48.1 Å². The third-order valence-corrected chi connectivity index (χ3v) is 5.81. The van der Waals surface area contributed by atoms with E-state index < -0.39 is 0 Å². The summed E-state index contributed by atoms with van der Waals surface area (Å²) in [6.07, 6.45) is 5.01. The molecule has 0 heterocycles. The molecule has 7 heteroatoms. The van der Waals surface area contributed by atoms with Crippen molar-refractivity contribution in [1.82, 2.24) is 4.90 Å². The summed E-state index contributed by atoms with van der Waals surface area (Å²) in [6.45, 7) is 15.9. The highest BCUT2D eigenvalue weighted by molar-refractivity contribution is 5.80. The van der Waals surface area contributed by atoms with Gasteiger partial charge in [-0.25, -0.2) is 9.79 Å². The first-order valence-corrected chi connectivity index (χ1v) is 11.5. The van der Waals surface area contributed by atoms with Crippen LogP contribution < -0.4 is 0 Å². The van der Waals surface area contributed by atoms with Gasteiger partial charge in [0, 0.05) is 33.4 Å². The summed E-state index contributed by atoms with van der Waals surface area (Å²) in [4.78, 5) is 41.7. The van der Waals surface area contributed by atoms with E-state index in [2.05, 4.69) is 32.3 Å². The molecule has 0 fully saturated rings. The Bertz CT molecular complexity index is 604. The Morgan fingerprint density at radius 2 is 1.68 bits per heavy atom. The summed E-state index contributed by atoms with van der Waals surface area (Å²) in [5.74, 6) is 0.288. The van der Waals surface area contributed by atoms with Gasteiger partial charge in [0.25, 0.3) is 0 Å². The van der Waals surface area contributed by atoms with Gasteiger partial charge in [0.05, 0.1) is 12.1 Å². The van der Waals surface area contributed by atoms with E-state index >= 15 is 0 Å². The van der Waals surface area contributed by atoms with Crippen LogP contribution in [-0.2, 0) is 19.1 Å². The molecule has 0 aliphatic rings. The average molecular weight is 439 g/mol. The van der Waals surface area contributed by atoms with Crippen LogP contribution in [0, 0.1) is 11.8 Å². The highest BCUT2D eigenvalue weighted by atomic mass is 16.5. The van der Waals surface area contributed by atoms with Crippen molar-refractivity contribution in [2.45, 2.75) is 91.2 Å². The van der Waals surface area contributed by atoms with Gasteiger partial charge in [0.2, 0.25) is 11.8 Å². The van der Waals surface area contributed by atoms with Crippen LogP contribution in [0.3, 0.4) is 0 Å². The van der Waals surface area contributed by atoms with Crippen LogP contribution >= 0.6 is 0 Å². The third-order valence-electron chi connectivity index (χ3n) is 5.81. The summed E-state index contributed by atoms with van der Waals surface area (Å²) in [7, 11) is 3.41. The van der Waals surface area contributed by atoms with Crippen LogP contribution in [0.2, 0.25) is 0 Å². The maximum absolute atomic E-state index is 12.8. The number of amides is 3. The number of carbonyl (C=O) groups is 3. The minimum atomic E-state index is -0.384. The summed E-state index contributed by atoms with van der Waals surface area (Å²) in [5.41, 5.74) is 0. The number of likely N-dealkylation sites (N-methyl/N-ethyl adjacent to an activating group) is 1. The van der Waals surface area contributed by atoms with Crippen molar-refractivity contribution in [3.05, 3.63) is 0 Å². The molecule has 0 aromatic carbocycles. The van der Waals surface area contributed by atoms with E-state index in [4.69, 9.17) is 4.74 Å². The van der Waals surface area contributed by atoms with Crippen molar-refractivity contribution in [2.24, 2.45) is 16.8 Å². The standard InChI is InChI=1S/C24H44N3O4/c1-9-19(4)24(27(7)23(30)16-18(2)3)20(31-8)17-22(29)26(6)15-13-11-10-12-14-21(28)25-5/h18-20,24H,5-6,9-17H2,1-4,7-8H3/q+1/t19-,20?,24-/m0/s1. The molecule has 0 rings (SSSR count). The van der Waals surface area contributed by atoms with Crippen LogP contribution in [0.5, 0.6) is 0 Å². The third kappa shape index (κ3) is 11.3. The molecular formula is C24H44N3O4+. The fourth-order valence-electron chi connectivity index (χ4n) is 3.68. The van der Waals surface area contributed by atoms with Crippen molar-refractivity contribution in [2.75, 3.05) is 20.7 Å². The zero-order chi connectivity index (χ0) is 24.0. The molecule has 1 unspecified atom stereocenters. The van der Waals surface area contributed by atoms with Crippen molar-refractivity contribution in [3.8, 4) is 0 Å². The Balaban J connectivity index is 4.82. The molecule has 7 nitrogen and oxygen atoms in total. The minimum absolute atomic E-state index is 0.0754. The van der Waals surface area contributed by atoms with E-state index in [1.165, 1.54) is 4.58 Å². The predicted molar refractivity (Wildman–Crippen MR) is 126 cm³/mol. The number of nitrogens with zero attached hydrogens (tertiary/aromatic N) is 3. The van der Waals surface area contributed by atoms with Crippen LogP contribution in [0.15, 0.2) is 4.99 Å². The van der Waals surface area contributed by atoms with Gasteiger partial charge in [-0.3, -0.25) is 9.59 Å². The number of ether oxygens (including phenoxy) is 1. The molecule has 0 N–H and O–H groups in total. The van der Waals surface area contributed by atoms with Gasteiger partial charge in [-0.2, -0.15) is 4.58 Å². The number of hydrogen-bond donors (Lipinski definition) is 0. The van der Waals surface area contributed by atoms with E-state index in [9.17, 15) is 14.4 Å². The zero-order valence-corrected chi connectivity index (χ0v) is 20.6. The van der Waals surface area contributed by atoms with E-state index in [1.54, 1.807) is 12.0 Å². The maximum atomic E-state index is 12.8. The molecule has 3 amide bonds. The smallest absolute Gasteiger partial charge is 0.379 e. The van der Waals surface area contributed by atoms with E-state index in [0.717, 1.165) is 32.1 Å². The lowest BCUT2D eigenvalue weighted by Gasteiger charge is -2.37. The van der Waals surface area contributed by atoms with Gasteiger partial charge < -0.3 is 9.64 Å². The molecule has 0 aromatic rings. The monoisotopic (exact) mass is 438 g/mol. The molecule has 3 atom stereocenters. The number of unbranched alkanes of at least 4 members (excludes halogenated alkanes) is 3. The first-order valence-electron chi connectivity index (χ1n) is 11.5. The number of rotatable bonds is 16. The second kappa shape index (κ2) is 15.8. The van der Waals surface area contributed by atoms with Crippen LogP contribution in [-0.4, -0.2) is 73.5 Å². The zero-order valence-electron chi connectivity index (χ0n) is 20.6. The van der Waals surface area contributed by atoms with Gasteiger partial charge in [-0.1, -0.05) is 40.5 Å². The molecule has 178 valence electrons. The van der Waals surface area contributed by atoms with Gasteiger partial charge in [0.1, 0.15) is 13.1 Å². The predicted octanol–water partition coefficient (Wildman–Crippen LogP) is 3.73. The van der Waals surface area contributed by atoms with Crippen molar-refractivity contribution in [1.29, 1.82) is 0 Å². The molecule has 0 saturated carbocycles. The Morgan fingerprint density at radius 3 is 2.19 bits per heavy atom. The summed E-state index contributed by atoms with van der Waals surface area (Å²) < 4.78 is 7.20. The second-order valence-electron chi connectivity index (χ2n) is 8.83. The molecule has 0 radical (unpaired) electrons. The molecule has 0 bridgehead atoms. The van der Waals surface area contributed by atoms with Gasteiger partial charge >= 0.3 is 5.91 Å². The molecule has 0 aromatic heterocycles. The van der Waals surface area contributed by atoms with Gasteiger partial charge in [-0.15, -0.1) is 0 Å². The lowest BCUT2D eigenvalue weighted by Crippen LogP contribution is -2.50. The SMILES string of the molecule is C=NC(=O)CCCCCC[N+](=C)C(=O)CC(OC)[C@H]([C@@H](C)CC)N(C)C(=O)CC(C)C. The van der Waals surface area contributed by atoms with Crippen LogP contribution in [0.4, 0.5) is 0 Å². The number of methoxy groups -OCH3 is 1. The fourth-order valence-corrected chi connectivity index (χ4v) is 3.68. The van der Waals surface area contributed by atoms with Crippen molar-refractivity contribution < 1.29 is 23.7 Å². The first-order chi connectivity index (χ1) is 14.6. The summed E-state index contributed by atoms with van der Waals surface area (Å²) >= 11 is 0. The fraction of sp³-hybridized carbons (Fsp3) is 0.792. The summed E-state index contributed by atoms with van der Waals surface area (Å²) in [6, 6.07) is -0.172. The average Bonchev–Trinajstić information content (AvgIpc) is 2.73. The van der Waals surface area contributed by atoms with Crippen LogP contribution in [0.1, 0.15) is 79.1 Å². The number of aliphatic imine (C=N–C) groups is 1. The van der Waals surface area contributed by atoms with E-state index in [1.807, 2.05) is 20.9 Å². The normalized spacial score (nSPS) is 14.0. The van der Waals surface area contributed by atoms with Crippen LogP contribution in [0.25, 0.3) is 0 Å². The quantitative estimate of drug-likeness (QED) is 0.209. The van der Waals surface area contributed by atoms with Gasteiger partial charge in [-0.05, 0) is 31.4 Å². The number of hydrogen-bond acceptors (Lipinski definition) is 4. The topological polar surface area (TPSA) is 79.0 Å². The first kappa shape index (κ1) is 29.1. The molecule has 31 heavy (non-hydrogen) atoms. The minimum Gasteiger partial charge on any atom is -0.379 e. The highest BCUT2D eigenvalue weighted by Crippen LogP contribution is 2.23. The Kier molecular flexibility index (Phi) is 14.9. The highest BCUT2D eigenvalue weighted by Gasteiger charge is 2.35. The largest absolute Gasteiger partial charge is 0.389 e. The Labute approximate surface area is 188 Å². The lowest BCUT2D eigenvalue weighted by atomic mass is 9.90. The molecule has 0 saturated heterocycles. The molecule has 0 spiro atoms. The van der Waals surface area contributed by atoms with Gasteiger partial charge in [0.15, 0.2) is 6.54 Å². The number of carbonyl (C=O) groups excluding carboxylic acids is 3. The molecule has 0 aliphatic carbocycles. The second-order valence-corrected chi connectivity index (χ2v) is 8.83. The summed E-state index contributed by atoms with van der Waals surface area (Å²) in [5, 5.41) is 0. The Hall–Kier alpha value is -1.89. The molecular weight excluding hydrogens is 394 g/mol. The Morgan fingerprint density at radius 1 is 1.06 bits per heavy atom. The van der Waals surface area contributed by atoms with Crippen molar-refractivity contribution in [3.63, 3.8) is 0 Å². The molecule has 0 aliphatic heterocycles. The maximum Gasteiger partial charge on any atom is 0.389 e. The van der Waals surface area contributed by atoms with Crippen molar-refractivity contribution >= 4 is 31.2 Å².